The molecular formula is C19H22N2O3S. The molecule has 0 saturated heterocycles. The molecule has 1 aromatic carbocycles. The zero-order valence-corrected chi connectivity index (χ0v) is 15.8. The van der Waals surface area contributed by atoms with Gasteiger partial charge in [-0.25, -0.2) is 4.98 Å². The first-order valence-electron chi connectivity index (χ1n) is 8.26. The van der Waals surface area contributed by atoms with Crippen molar-refractivity contribution >= 4 is 21.6 Å². The van der Waals surface area contributed by atoms with Crippen LogP contribution >= 0.6 is 11.3 Å². The molecule has 6 heteroatoms. The molecule has 5 nitrogen and oxygen atoms in total. The number of hydrogen-bond donors (Lipinski definition) is 0. The first kappa shape index (κ1) is 17.6. The van der Waals surface area contributed by atoms with Crippen LogP contribution in [-0.2, 0) is 17.7 Å². The third kappa shape index (κ3) is 3.19. The summed E-state index contributed by atoms with van der Waals surface area (Å²) in [4.78, 5) is 19.9. The summed E-state index contributed by atoms with van der Waals surface area (Å²) in [6.45, 7) is 5.04. The van der Waals surface area contributed by atoms with E-state index in [4.69, 9.17) is 14.5 Å². The van der Waals surface area contributed by atoms with E-state index in [0.29, 0.717) is 25.0 Å². The van der Waals surface area contributed by atoms with Crippen LogP contribution < -0.4 is 10.3 Å². The largest absolute Gasteiger partial charge is 0.497 e. The highest BCUT2D eigenvalue weighted by atomic mass is 32.1. The second-order valence-electron chi connectivity index (χ2n) is 5.78. The molecule has 2 heterocycles. The number of hydrogen-bond acceptors (Lipinski definition) is 5. The first-order chi connectivity index (χ1) is 12.1. The Bertz CT molecular complexity index is 959. The summed E-state index contributed by atoms with van der Waals surface area (Å²) in [6.07, 6.45) is 0.709. The summed E-state index contributed by atoms with van der Waals surface area (Å²) >= 11 is 1.57. The fraction of sp³-hybridized carbons (Fsp3) is 0.368. The summed E-state index contributed by atoms with van der Waals surface area (Å²) in [5.41, 5.74) is 1.93. The van der Waals surface area contributed by atoms with Crippen LogP contribution in [0.25, 0.3) is 21.3 Å². The van der Waals surface area contributed by atoms with E-state index in [2.05, 4.69) is 0 Å². The Morgan fingerprint density at radius 2 is 2.08 bits per heavy atom. The minimum atomic E-state index is 0.000991. The minimum Gasteiger partial charge on any atom is -0.497 e. The number of methoxy groups -OCH3 is 2. The molecule has 0 amide bonds. The number of aryl methyl sites for hydroxylation is 2. The quantitative estimate of drug-likeness (QED) is 0.675. The Morgan fingerprint density at radius 3 is 2.76 bits per heavy atom. The van der Waals surface area contributed by atoms with E-state index >= 15 is 0 Å². The molecule has 0 bridgehead atoms. The summed E-state index contributed by atoms with van der Waals surface area (Å²) < 4.78 is 12.2. The fourth-order valence-electron chi connectivity index (χ4n) is 3.05. The Morgan fingerprint density at radius 1 is 1.28 bits per heavy atom. The summed E-state index contributed by atoms with van der Waals surface area (Å²) in [5.74, 6) is 1.57. The van der Waals surface area contributed by atoms with Gasteiger partial charge in [-0.05, 0) is 24.6 Å². The molecule has 0 radical (unpaired) electrons. The standard InChI is InChI=1S/C19H22N2O3S/c1-5-15-20-18-17(19(22)21(15)9-10-23-3)16(12(2)25-18)13-7-6-8-14(11-13)24-4/h6-8,11H,5,9-10H2,1-4H3. The number of thiophene rings is 1. The minimum absolute atomic E-state index is 0.000991. The number of rotatable bonds is 6. The van der Waals surface area contributed by atoms with Crippen molar-refractivity contribution in [1.29, 1.82) is 0 Å². The molecule has 0 fully saturated rings. The molecule has 3 aromatic rings. The molecule has 0 unspecified atom stereocenters. The lowest BCUT2D eigenvalue weighted by Crippen LogP contribution is -2.26. The zero-order chi connectivity index (χ0) is 18.0. The van der Waals surface area contributed by atoms with E-state index in [-0.39, 0.29) is 5.56 Å². The van der Waals surface area contributed by atoms with Crippen molar-refractivity contribution < 1.29 is 9.47 Å². The first-order valence-corrected chi connectivity index (χ1v) is 9.08. The predicted molar refractivity (Wildman–Crippen MR) is 102 cm³/mol. The molecule has 0 atom stereocenters. The maximum atomic E-state index is 13.2. The average Bonchev–Trinajstić information content (AvgIpc) is 2.97. The summed E-state index contributed by atoms with van der Waals surface area (Å²) in [5, 5.41) is 0.684. The normalized spacial score (nSPS) is 11.2. The number of aromatic nitrogens is 2. The number of ether oxygens (including phenoxy) is 2. The molecule has 3 rings (SSSR count). The molecule has 0 aliphatic carbocycles. The van der Waals surface area contributed by atoms with Crippen LogP contribution in [0.1, 0.15) is 17.6 Å². The number of fused-ring (bicyclic) bond motifs is 1. The molecule has 132 valence electrons. The molecule has 0 N–H and O–H groups in total. The van der Waals surface area contributed by atoms with Crippen LogP contribution in [0.4, 0.5) is 0 Å². The molecule has 25 heavy (non-hydrogen) atoms. The third-order valence-corrected chi connectivity index (χ3v) is 5.26. The van der Waals surface area contributed by atoms with Gasteiger partial charge in [-0.3, -0.25) is 9.36 Å². The maximum absolute atomic E-state index is 13.2. The van der Waals surface area contributed by atoms with E-state index in [0.717, 1.165) is 32.4 Å². The van der Waals surface area contributed by atoms with Crippen LogP contribution in [0, 0.1) is 6.92 Å². The van der Waals surface area contributed by atoms with Gasteiger partial charge in [-0.2, -0.15) is 0 Å². The highest BCUT2D eigenvalue weighted by Crippen LogP contribution is 2.36. The van der Waals surface area contributed by atoms with Gasteiger partial charge >= 0.3 is 0 Å². The molecule has 2 aromatic heterocycles. The van der Waals surface area contributed by atoms with Gasteiger partial charge in [0.25, 0.3) is 5.56 Å². The fourth-order valence-corrected chi connectivity index (χ4v) is 4.10. The van der Waals surface area contributed by atoms with E-state index in [1.807, 2.05) is 38.1 Å². The number of nitrogens with zero attached hydrogens (tertiary/aromatic N) is 2. The van der Waals surface area contributed by atoms with Gasteiger partial charge in [-0.1, -0.05) is 19.1 Å². The number of benzene rings is 1. The van der Waals surface area contributed by atoms with Crippen molar-refractivity contribution in [3.05, 3.63) is 45.3 Å². The lowest BCUT2D eigenvalue weighted by molar-refractivity contribution is 0.185. The molecule has 0 aliphatic heterocycles. The Hall–Kier alpha value is -2.18. The Labute approximate surface area is 150 Å². The topological polar surface area (TPSA) is 53.3 Å². The van der Waals surface area contributed by atoms with Gasteiger partial charge in [0.15, 0.2) is 0 Å². The van der Waals surface area contributed by atoms with Gasteiger partial charge in [0.1, 0.15) is 16.4 Å². The summed E-state index contributed by atoms with van der Waals surface area (Å²) in [6, 6.07) is 7.80. The zero-order valence-electron chi connectivity index (χ0n) is 15.0. The van der Waals surface area contributed by atoms with Crippen LogP contribution in [0.2, 0.25) is 0 Å². The molecule has 0 spiro atoms. The van der Waals surface area contributed by atoms with E-state index in [1.54, 1.807) is 30.1 Å². The van der Waals surface area contributed by atoms with E-state index < -0.39 is 0 Å². The third-order valence-electron chi connectivity index (χ3n) is 4.26. The lowest BCUT2D eigenvalue weighted by Gasteiger charge is -2.11. The Balaban J connectivity index is 2.29. The second-order valence-corrected chi connectivity index (χ2v) is 6.98. The Kier molecular flexibility index (Phi) is 5.20. The van der Waals surface area contributed by atoms with Gasteiger partial charge in [-0.15, -0.1) is 11.3 Å². The van der Waals surface area contributed by atoms with Crippen LogP contribution in [0.3, 0.4) is 0 Å². The van der Waals surface area contributed by atoms with Crippen molar-refractivity contribution in [2.24, 2.45) is 0 Å². The van der Waals surface area contributed by atoms with Crippen molar-refractivity contribution in [2.75, 3.05) is 20.8 Å². The van der Waals surface area contributed by atoms with Crippen molar-refractivity contribution in [2.45, 2.75) is 26.8 Å². The van der Waals surface area contributed by atoms with E-state index in [1.165, 1.54) is 0 Å². The average molecular weight is 358 g/mol. The van der Waals surface area contributed by atoms with Crippen molar-refractivity contribution in [1.82, 2.24) is 9.55 Å². The highest BCUT2D eigenvalue weighted by molar-refractivity contribution is 7.19. The van der Waals surface area contributed by atoms with Gasteiger partial charge in [0, 0.05) is 24.0 Å². The predicted octanol–water partition coefficient (Wildman–Crippen LogP) is 3.65. The van der Waals surface area contributed by atoms with E-state index in [9.17, 15) is 4.79 Å². The van der Waals surface area contributed by atoms with Crippen LogP contribution in [-0.4, -0.2) is 30.4 Å². The van der Waals surface area contributed by atoms with Crippen LogP contribution in [0.5, 0.6) is 5.75 Å². The second kappa shape index (κ2) is 7.37. The smallest absolute Gasteiger partial charge is 0.262 e. The summed E-state index contributed by atoms with van der Waals surface area (Å²) in [7, 11) is 3.28. The maximum Gasteiger partial charge on any atom is 0.262 e. The van der Waals surface area contributed by atoms with Gasteiger partial charge < -0.3 is 9.47 Å². The lowest BCUT2D eigenvalue weighted by atomic mass is 10.0. The highest BCUT2D eigenvalue weighted by Gasteiger charge is 2.19. The van der Waals surface area contributed by atoms with Crippen molar-refractivity contribution in [3.8, 4) is 16.9 Å². The molecule has 0 aliphatic rings. The molecular weight excluding hydrogens is 336 g/mol. The van der Waals surface area contributed by atoms with Crippen LogP contribution in [0.15, 0.2) is 29.1 Å². The SMILES string of the molecule is CCc1nc2sc(C)c(-c3cccc(OC)c3)c2c(=O)n1CCOC. The monoisotopic (exact) mass is 358 g/mol. The molecule has 0 saturated carbocycles. The van der Waals surface area contributed by atoms with Gasteiger partial charge in [0.2, 0.25) is 0 Å². The van der Waals surface area contributed by atoms with Crippen molar-refractivity contribution in [3.63, 3.8) is 0 Å². The van der Waals surface area contributed by atoms with Gasteiger partial charge in [0.05, 0.1) is 25.6 Å².